The molecule has 1 atom stereocenters. The fraction of sp³-hybridized carbons (Fsp3) is 0.364. The second-order valence-corrected chi connectivity index (χ2v) is 6.70. The molecule has 0 amide bonds. The Labute approximate surface area is 165 Å². The van der Waals surface area contributed by atoms with E-state index < -0.39 is 12.1 Å². The molecule has 1 unspecified atom stereocenters. The van der Waals surface area contributed by atoms with Crippen LogP contribution in [0.15, 0.2) is 48.5 Å². The largest absolute Gasteiger partial charge is 0.478 e. The van der Waals surface area contributed by atoms with Crippen LogP contribution in [0.5, 0.6) is 0 Å². The molecule has 2 aromatic rings. The Balaban J connectivity index is 2.26. The number of carboxylic acid groups (broad SMARTS) is 1. The predicted octanol–water partition coefficient (Wildman–Crippen LogP) is 2.74. The average Bonchev–Trinajstić information content (AvgIpc) is 2.71. The van der Waals surface area contributed by atoms with Crippen molar-refractivity contribution in [3.05, 3.63) is 70.8 Å². The van der Waals surface area contributed by atoms with Gasteiger partial charge in [-0.25, -0.2) is 4.79 Å². The number of rotatable bonds is 11. The van der Waals surface area contributed by atoms with Gasteiger partial charge >= 0.3 is 5.97 Å². The molecule has 2 aromatic carbocycles. The van der Waals surface area contributed by atoms with Crippen LogP contribution in [0, 0.1) is 0 Å². The summed E-state index contributed by atoms with van der Waals surface area (Å²) in [5, 5.41) is 29.3. The second-order valence-electron chi connectivity index (χ2n) is 6.70. The van der Waals surface area contributed by atoms with Crippen molar-refractivity contribution in [3.8, 4) is 0 Å². The second kappa shape index (κ2) is 10.7. The third kappa shape index (κ3) is 5.73. The number of hydrogen-bond acceptors (Lipinski definition) is 5. The van der Waals surface area contributed by atoms with Gasteiger partial charge < -0.3 is 15.3 Å². The molecular weight excluding hydrogens is 358 g/mol. The van der Waals surface area contributed by atoms with Gasteiger partial charge in [0.1, 0.15) is 0 Å². The van der Waals surface area contributed by atoms with E-state index in [0.717, 1.165) is 19.4 Å². The zero-order chi connectivity index (χ0) is 20.5. The molecule has 0 aliphatic heterocycles. The Morgan fingerprint density at radius 2 is 1.75 bits per heavy atom. The Morgan fingerprint density at radius 3 is 2.36 bits per heavy atom. The van der Waals surface area contributed by atoms with E-state index in [1.807, 2.05) is 4.90 Å². The molecule has 0 saturated carbocycles. The van der Waals surface area contributed by atoms with Gasteiger partial charge in [0.25, 0.3) is 0 Å². The molecule has 0 radical (unpaired) electrons. The molecule has 0 spiro atoms. The maximum Gasteiger partial charge on any atom is 0.336 e. The van der Waals surface area contributed by atoms with Crippen molar-refractivity contribution < 1.29 is 24.9 Å². The normalized spacial score (nSPS) is 12.1. The monoisotopic (exact) mass is 385 g/mol. The van der Waals surface area contributed by atoms with Crippen molar-refractivity contribution in [1.82, 2.24) is 4.90 Å². The Morgan fingerprint density at radius 1 is 1.04 bits per heavy atom. The van der Waals surface area contributed by atoms with Crippen molar-refractivity contribution in [2.45, 2.75) is 25.9 Å². The minimum atomic E-state index is -1.22. The van der Waals surface area contributed by atoms with Gasteiger partial charge in [-0.2, -0.15) is 0 Å². The molecule has 6 nitrogen and oxygen atoms in total. The lowest BCUT2D eigenvalue weighted by Gasteiger charge is -2.24. The fourth-order valence-corrected chi connectivity index (χ4v) is 3.06. The summed E-state index contributed by atoms with van der Waals surface area (Å²) in [5.74, 6) is -1.59. The molecule has 150 valence electrons. The maximum absolute atomic E-state index is 12.7. The Hall–Kier alpha value is -2.54. The van der Waals surface area contributed by atoms with Crippen molar-refractivity contribution >= 4 is 11.8 Å². The van der Waals surface area contributed by atoms with Crippen molar-refractivity contribution in [2.75, 3.05) is 26.2 Å². The maximum atomic E-state index is 12.7. The lowest BCUT2D eigenvalue weighted by atomic mass is 9.95. The first-order valence-corrected chi connectivity index (χ1v) is 9.46. The van der Waals surface area contributed by atoms with E-state index in [9.17, 15) is 24.9 Å². The topological polar surface area (TPSA) is 98.1 Å². The van der Waals surface area contributed by atoms with Gasteiger partial charge in [-0.15, -0.1) is 0 Å². The molecule has 0 aliphatic rings. The van der Waals surface area contributed by atoms with Crippen LogP contribution in [-0.2, 0) is 0 Å². The highest BCUT2D eigenvalue weighted by Crippen LogP contribution is 2.22. The zero-order valence-electron chi connectivity index (χ0n) is 16.0. The number of hydrogen-bond donors (Lipinski definition) is 3. The number of aliphatic hydroxyl groups excluding tert-OH is 2. The van der Waals surface area contributed by atoms with Gasteiger partial charge in [0.05, 0.1) is 18.3 Å². The van der Waals surface area contributed by atoms with Crippen molar-refractivity contribution in [2.24, 2.45) is 0 Å². The lowest BCUT2D eigenvalue weighted by Crippen LogP contribution is -2.32. The smallest absolute Gasteiger partial charge is 0.336 e. The summed E-state index contributed by atoms with van der Waals surface area (Å²) in [7, 11) is 0. The van der Waals surface area contributed by atoms with E-state index in [4.69, 9.17) is 0 Å². The molecule has 0 saturated heterocycles. The van der Waals surface area contributed by atoms with Gasteiger partial charge in [0, 0.05) is 24.2 Å². The number of carbonyl (C=O) groups excluding carboxylic acids is 1. The Kier molecular flexibility index (Phi) is 8.32. The van der Waals surface area contributed by atoms with Crippen LogP contribution in [0.1, 0.15) is 57.7 Å². The van der Waals surface area contributed by atoms with E-state index >= 15 is 0 Å². The van der Waals surface area contributed by atoms with Crippen LogP contribution in [0.3, 0.4) is 0 Å². The Bertz CT molecular complexity index is 791. The van der Waals surface area contributed by atoms with Gasteiger partial charge in [0.2, 0.25) is 0 Å². The third-order valence-corrected chi connectivity index (χ3v) is 4.61. The van der Waals surface area contributed by atoms with Crippen LogP contribution in [0.4, 0.5) is 0 Å². The molecule has 0 aromatic heterocycles. The molecule has 0 heterocycles. The number of carbonyl (C=O) groups is 2. The summed E-state index contributed by atoms with van der Waals surface area (Å²) in [6, 6.07) is 12.9. The first-order valence-electron chi connectivity index (χ1n) is 9.46. The minimum Gasteiger partial charge on any atom is -0.478 e. The van der Waals surface area contributed by atoms with Gasteiger partial charge in [-0.3, -0.25) is 9.69 Å². The fourth-order valence-electron chi connectivity index (χ4n) is 3.06. The molecule has 0 bridgehead atoms. The van der Waals surface area contributed by atoms with E-state index in [-0.39, 0.29) is 30.1 Å². The quantitative estimate of drug-likeness (QED) is 0.515. The van der Waals surface area contributed by atoms with Crippen molar-refractivity contribution in [1.29, 1.82) is 0 Å². The summed E-state index contributed by atoms with van der Waals surface area (Å²) in [5.41, 5.74) is 0.800. The minimum absolute atomic E-state index is 0.0126. The first-order chi connectivity index (χ1) is 13.5. The number of carboxylic acids is 1. The summed E-state index contributed by atoms with van der Waals surface area (Å²) < 4.78 is 0. The highest BCUT2D eigenvalue weighted by molar-refractivity contribution is 6.14. The average molecular weight is 385 g/mol. The standard InChI is InChI=1S/C22H27NO5/c1-2-3-11-23(12-13-24)15-20(25)17-9-10-18(19(14-17)22(27)28)21(26)16-7-5-4-6-8-16/h4-10,14,20,24-25H,2-3,11-13,15H2,1H3,(H,27,28). The molecule has 0 aliphatic carbocycles. The van der Waals surface area contributed by atoms with Crippen LogP contribution in [0.25, 0.3) is 0 Å². The third-order valence-electron chi connectivity index (χ3n) is 4.61. The summed E-state index contributed by atoms with van der Waals surface area (Å²) in [6.07, 6.45) is 1.03. The van der Waals surface area contributed by atoms with Gasteiger partial charge in [-0.1, -0.05) is 49.7 Å². The van der Waals surface area contributed by atoms with Crippen LogP contribution in [-0.4, -0.2) is 58.2 Å². The lowest BCUT2D eigenvalue weighted by molar-refractivity contribution is 0.0692. The van der Waals surface area contributed by atoms with E-state index in [1.165, 1.54) is 12.1 Å². The van der Waals surface area contributed by atoms with Crippen LogP contribution in [0.2, 0.25) is 0 Å². The molecule has 6 heteroatoms. The van der Waals surface area contributed by atoms with Crippen LogP contribution < -0.4 is 0 Å². The molecule has 28 heavy (non-hydrogen) atoms. The molecule has 2 rings (SSSR count). The summed E-state index contributed by atoms with van der Waals surface area (Å²) in [4.78, 5) is 26.3. The van der Waals surface area contributed by atoms with Crippen LogP contribution >= 0.6 is 0 Å². The number of benzene rings is 2. The number of nitrogens with zero attached hydrogens (tertiary/aromatic N) is 1. The first kappa shape index (κ1) is 21.8. The number of aliphatic hydroxyl groups is 2. The highest BCUT2D eigenvalue weighted by atomic mass is 16.4. The van der Waals surface area contributed by atoms with E-state index in [1.54, 1.807) is 36.4 Å². The van der Waals surface area contributed by atoms with Crippen molar-refractivity contribution in [3.63, 3.8) is 0 Å². The highest BCUT2D eigenvalue weighted by Gasteiger charge is 2.21. The predicted molar refractivity (Wildman–Crippen MR) is 107 cm³/mol. The van der Waals surface area contributed by atoms with Gasteiger partial charge in [-0.05, 0) is 30.7 Å². The van der Waals surface area contributed by atoms with E-state index in [2.05, 4.69) is 6.92 Å². The summed E-state index contributed by atoms with van der Waals surface area (Å²) in [6.45, 7) is 3.51. The number of unbranched alkanes of at least 4 members (excludes halogenated alkanes) is 1. The number of ketones is 1. The molecular formula is C22H27NO5. The number of aromatic carboxylic acids is 1. The molecule has 0 fully saturated rings. The summed E-state index contributed by atoms with van der Waals surface area (Å²) >= 11 is 0. The SMILES string of the molecule is CCCCN(CCO)CC(O)c1ccc(C(=O)c2ccccc2)c(C(=O)O)c1. The van der Waals surface area contributed by atoms with Gasteiger partial charge in [0.15, 0.2) is 5.78 Å². The zero-order valence-corrected chi connectivity index (χ0v) is 16.0. The molecule has 3 N–H and O–H groups in total. The van der Waals surface area contributed by atoms with E-state index in [0.29, 0.717) is 17.7 Å².